The monoisotopic (exact) mass is 354 g/mol. The zero-order valence-corrected chi connectivity index (χ0v) is 15.0. The highest BCUT2D eigenvalue weighted by molar-refractivity contribution is 7.09. The van der Waals surface area contributed by atoms with Crippen LogP contribution in [0.3, 0.4) is 0 Å². The zero-order chi connectivity index (χ0) is 17.1. The van der Waals surface area contributed by atoms with Gasteiger partial charge in [0.15, 0.2) is 5.65 Å². The number of fused-ring (bicyclic) bond motifs is 1. The minimum atomic E-state index is 0.271. The predicted molar refractivity (Wildman–Crippen MR) is 98.8 cm³/mol. The molecule has 1 aliphatic heterocycles. The van der Waals surface area contributed by atoms with Crippen molar-refractivity contribution in [2.75, 3.05) is 13.1 Å². The summed E-state index contributed by atoms with van der Waals surface area (Å²) in [4.78, 5) is 16.0. The van der Waals surface area contributed by atoms with Crippen molar-refractivity contribution in [3.8, 4) is 0 Å². The summed E-state index contributed by atoms with van der Waals surface area (Å²) in [5.41, 5.74) is 0.872. The van der Waals surface area contributed by atoms with Crippen LogP contribution in [0.4, 0.5) is 0 Å². The fourth-order valence-corrected chi connectivity index (χ4v) is 4.33. The van der Waals surface area contributed by atoms with E-state index in [2.05, 4.69) is 32.1 Å². The molecule has 25 heavy (non-hydrogen) atoms. The molecule has 0 spiro atoms. The van der Waals surface area contributed by atoms with E-state index in [1.165, 1.54) is 4.88 Å². The van der Waals surface area contributed by atoms with E-state index in [1.54, 1.807) is 11.3 Å². The molecular weight excluding hydrogens is 332 g/mol. The number of thiophene rings is 1. The van der Waals surface area contributed by atoms with Gasteiger partial charge < -0.3 is 4.90 Å². The number of carbonyl (C=O) groups excluding carboxylic acids is 1. The van der Waals surface area contributed by atoms with Crippen LogP contribution in [0.1, 0.15) is 42.3 Å². The minimum absolute atomic E-state index is 0.271. The number of carbonyl (C=O) groups is 1. The van der Waals surface area contributed by atoms with Gasteiger partial charge >= 0.3 is 0 Å². The van der Waals surface area contributed by atoms with Crippen molar-refractivity contribution in [2.24, 2.45) is 0 Å². The lowest BCUT2D eigenvalue weighted by Gasteiger charge is -2.32. The smallest absolute Gasteiger partial charge is 0.222 e. The Bertz CT molecular complexity index is 842. The summed E-state index contributed by atoms with van der Waals surface area (Å²) in [6.07, 6.45) is 6.65. The van der Waals surface area contributed by atoms with Crippen LogP contribution in [-0.2, 0) is 11.2 Å². The Morgan fingerprint density at radius 3 is 3.08 bits per heavy atom. The van der Waals surface area contributed by atoms with E-state index < -0.39 is 0 Å². The molecule has 4 rings (SSSR count). The average molecular weight is 354 g/mol. The van der Waals surface area contributed by atoms with Gasteiger partial charge in [-0.05, 0) is 49.3 Å². The largest absolute Gasteiger partial charge is 0.342 e. The standard InChI is InChI=1S/C19H22N4OS/c24-18(10-3-7-16-8-5-13-25-16)22-11-4-6-15(14-22)19-21-20-17-9-1-2-12-23(17)19/h1-2,5,8-9,12-13,15H,3-4,6-7,10-11,14H2/t15-/m0/s1. The molecule has 0 aromatic carbocycles. The van der Waals surface area contributed by atoms with Gasteiger partial charge in [0.05, 0.1) is 0 Å². The summed E-state index contributed by atoms with van der Waals surface area (Å²) >= 11 is 1.77. The molecule has 1 atom stereocenters. The van der Waals surface area contributed by atoms with Crippen molar-refractivity contribution < 1.29 is 4.79 Å². The SMILES string of the molecule is O=C(CCCc1cccs1)N1CCC[C@H](c2nnc3ccccn23)C1. The summed E-state index contributed by atoms with van der Waals surface area (Å²) in [7, 11) is 0. The second-order valence-corrected chi connectivity index (χ2v) is 7.63. The van der Waals surface area contributed by atoms with Gasteiger partial charge in [-0.15, -0.1) is 21.5 Å². The van der Waals surface area contributed by atoms with Crippen molar-refractivity contribution in [3.63, 3.8) is 0 Å². The number of nitrogens with zero attached hydrogens (tertiary/aromatic N) is 4. The molecule has 0 N–H and O–H groups in total. The first-order chi connectivity index (χ1) is 12.3. The van der Waals surface area contributed by atoms with Crippen LogP contribution >= 0.6 is 11.3 Å². The maximum atomic E-state index is 12.6. The van der Waals surface area contributed by atoms with E-state index in [4.69, 9.17) is 0 Å². The Morgan fingerprint density at radius 1 is 1.24 bits per heavy atom. The van der Waals surface area contributed by atoms with Gasteiger partial charge in [0, 0.05) is 36.5 Å². The highest BCUT2D eigenvalue weighted by Crippen LogP contribution is 2.26. The van der Waals surface area contributed by atoms with Gasteiger partial charge in [0.1, 0.15) is 5.82 Å². The third kappa shape index (κ3) is 3.58. The molecule has 1 fully saturated rings. The molecular formula is C19H22N4OS. The Balaban J connectivity index is 1.38. The van der Waals surface area contributed by atoms with Crippen LogP contribution in [0.25, 0.3) is 5.65 Å². The molecule has 1 saturated heterocycles. The molecule has 3 aromatic heterocycles. The van der Waals surface area contributed by atoms with Crippen molar-refractivity contribution in [1.82, 2.24) is 19.5 Å². The Labute approximate surface area is 151 Å². The maximum Gasteiger partial charge on any atom is 0.222 e. The van der Waals surface area contributed by atoms with Crippen LogP contribution in [0.5, 0.6) is 0 Å². The van der Waals surface area contributed by atoms with Gasteiger partial charge in [-0.2, -0.15) is 0 Å². The maximum absolute atomic E-state index is 12.6. The van der Waals surface area contributed by atoms with Gasteiger partial charge in [0.2, 0.25) is 5.91 Å². The molecule has 4 heterocycles. The van der Waals surface area contributed by atoms with E-state index in [1.807, 2.05) is 29.3 Å². The lowest BCUT2D eigenvalue weighted by atomic mass is 9.96. The first-order valence-corrected chi connectivity index (χ1v) is 9.79. The fraction of sp³-hybridized carbons (Fsp3) is 0.421. The molecule has 0 aliphatic carbocycles. The van der Waals surface area contributed by atoms with E-state index in [0.29, 0.717) is 6.42 Å². The molecule has 0 unspecified atom stereocenters. The van der Waals surface area contributed by atoms with E-state index in [9.17, 15) is 4.79 Å². The second kappa shape index (κ2) is 7.35. The molecule has 130 valence electrons. The molecule has 0 bridgehead atoms. The zero-order valence-electron chi connectivity index (χ0n) is 14.2. The van der Waals surface area contributed by atoms with Crippen LogP contribution in [0.2, 0.25) is 0 Å². The molecule has 0 saturated carbocycles. The highest BCUT2D eigenvalue weighted by Gasteiger charge is 2.27. The number of aryl methyl sites for hydroxylation is 1. The molecule has 6 heteroatoms. The van der Waals surface area contributed by atoms with Gasteiger partial charge in [-0.3, -0.25) is 9.20 Å². The molecule has 5 nitrogen and oxygen atoms in total. The number of pyridine rings is 1. The summed E-state index contributed by atoms with van der Waals surface area (Å²) in [5.74, 6) is 1.52. The topological polar surface area (TPSA) is 50.5 Å². The number of rotatable bonds is 5. The van der Waals surface area contributed by atoms with E-state index in [0.717, 1.165) is 50.2 Å². The summed E-state index contributed by atoms with van der Waals surface area (Å²) < 4.78 is 2.05. The molecule has 3 aromatic rings. The third-order valence-corrected chi connectivity index (χ3v) is 5.81. The van der Waals surface area contributed by atoms with Crippen molar-refractivity contribution in [3.05, 3.63) is 52.6 Å². The molecule has 1 aliphatic rings. The normalized spacial score (nSPS) is 17.9. The van der Waals surface area contributed by atoms with Crippen molar-refractivity contribution in [1.29, 1.82) is 0 Å². The molecule has 1 amide bonds. The number of hydrogen-bond donors (Lipinski definition) is 0. The van der Waals surface area contributed by atoms with Gasteiger partial charge in [-0.1, -0.05) is 12.1 Å². The van der Waals surface area contributed by atoms with E-state index in [-0.39, 0.29) is 11.8 Å². The first-order valence-electron chi connectivity index (χ1n) is 8.91. The average Bonchev–Trinajstić information content (AvgIpc) is 3.31. The van der Waals surface area contributed by atoms with Crippen LogP contribution < -0.4 is 0 Å². The van der Waals surface area contributed by atoms with Crippen LogP contribution in [0.15, 0.2) is 41.9 Å². The number of aromatic nitrogens is 3. The Kier molecular flexibility index (Phi) is 4.78. The predicted octanol–water partition coefficient (Wildman–Crippen LogP) is 3.52. The van der Waals surface area contributed by atoms with Crippen molar-refractivity contribution in [2.45, 2.75) is 38.0 Å². The second-order valence-electron chi connectivity index (χ2n) is 6.60. The highest BCUT2D eigenvalue weighted by atomic mass is 32.1. The minimum Gasteiger partial charge on any atom is -0.342 e. The third-order valence-electron chi connectivity index (χ3n) is 4.87. The van der Waals surface area contributed by atoms with Gasteiger partial charge in [0.25, 0.3) is 0 Å². The summed E-state index contributed by atoms with van der Waals surface area (Å²) in [6, 6.07) is 10.1. The van der Waals surface area contributed by atoms with E-state index >= 15 is 0 Å². The number of hydrogen-bond acceptors (Lipinski definition) is 4. The number of piperidine rings is 1. The lowest BCUT2D eigenvalue weighted by molar-refractivity contribution is -0.132. The van der Waals surface area contributed by atoms with Crippen LogP contribution in [-0.4, -0.2) is 38.5 Å². The molecule has 0 radical (unpaired) electrons. The Morgan fingerprint density at radius 2 is 2.20 bits per heavy atom. The summed E-state index contributed by atoms with van der Waals surface area (Å²) in [6.45, 7) is 1.62. The van der Waals surface area contributed by atoms with Gasteiger partial charge in [-0.25, -0.2) is 0 Å². The number of amides is 1. The quantitative estimate of drug-likeness (QED) is 0.704. The lowest BCUT2D eigenvalue weighted by Crippen LogP contribution is -2.39. The Hall–Kier alpha value is -2.21. The van der Waals surface area contributed by atoms with Crippen molar-refractivity contribution >= 4 is 22.9 Å². The van der Waals surface area contributed by atoms with Crippen LogP contribution in [0, 0.1) is 0 Å². The fourth-order valence-electron chi connectivity index (χ4n) is 3.58. The summed E-state index contributed by atoms with van der Waals surface area (Å²) in [5, 5.41) is 10.7. The first kappa shape index (κ1) is 16.3. The number of likely N-dealkylation sites (tertiary alicyclic amines) is 1.